The van der Waals surface area contributed by atoms with Gasteiger partial charge in [0.2, 0.25) is 0 Å². The number of methoxy groups -OCH3 is 1. The van der Waals surface area contributed by atoms with E-state index in [0.29, 0.717) is 26.4 Å². The maximum atomic E-state index is 10.7. The summed E-state index contributed by atoms with van der Waals surface area (Å²) in [5.41, 5.74) is 0. The van der Waals surface area contributed by atoms with Gasteiger partial charge in [-0.2, -0.15) is 0 Å². The monoisotopic (exact) mass is 233 g/mol. The van der Waals surface area contributed by atoms with Crippen molar-refractivity contribution in [3.05, 3.63) is 0 Å². The Bertz CT molecular complexity index is 187. The number of carboxylic acids is 1. The van der Waals surface area contributed by atoms with Gasteiger partial charge >= 0.3 is 5.97 Å². The van der Waals surface area contributed by atoms with E-state index in [9.17, 15) is 4.79 Å². The molecular formula is C11H23NO4. The van der Waals surface area contributed by atoms with Gasteiger partial charge in [-0.1, -0.05) is 6.92 Å². The zero-order chi connectivity index (χ0) is 12.4. The number of carboxylic acid groups (broad SMARTS) is 1. The highest BCUT2D eigenvalue weighted by Gasteiger charge is 2.14. The first-order valence-electron chi connectivity index (χ1n) is 5.64. The van der Waals surface area contributed by atoms with Gasteiger partial charge in [0, 0.05) is 19.7 Å². The number of ether oxygens (including phenoxy) is 2. The van der Waals surface area contributed by atoms with Crippen LogP contribution in [-0.2, 0) is 14.3 Å². The van der Waals surface area contributed by atoms with E-state index in [1.54, 1.807) is 7.11 Å². The molecule has 16 heavy (non-hydrogen) atoms. The lowest BCUT2D eigenvalue weighted by Crippen LogP contribution is -2.39. The Morgan fingerprint density at radius 3 is 2.56 bits per heavy atom. The first-order chi connectivity index (χ1) is 7.61. The number of carbonyl (C=O) groups is 1. The molecule has 5 heteroatoms. The molecule has 0 aliphatic rings. The third-order valence-corrected chi connectivity index (χ3v) is 2.51. The fourth-order valence-corrected chi connectivity index (χ4v) is 1.31. The number of hydrogen-bond acceptors (Lipinski definition) is 4. The fraction of sp³-hybridized carbons (Fsp3) is 0.909. The molecule has 0 aromatic heterocycles. The predicted octanol–water partition coefficient (Wildman–Crippen LogP) is 0.835. The molecule has 0 aliphatic carbocycles. The van der Waals surface area contributed by atoms with Crippen LogP contribution in [0.5, 0.6) is 0 Å². The van der Waals surface area contributed by atoms with E-state index < -0.39 is 5.97 Å². The van der Waals surface area contributed by atoms with Gasteiger partial charge in [-0.3, -0.25) is 9.69 Å². The Balaban J connectivity index is 3.78. The molecular weight excluding hydrogens is 210 g/mol. The highest BCUT2D eigenvalue weighted by Crippen LogP contribution is 2.02. The molecule has 0 saturated heterocycles. The van der Waals surface area contributed by atoms with E-state index in [1.165, 1.54) is 0 Å². The van der Waals surface area contributed by atoms with E-state index in [4.69, 9.17) is 14.6 Å². The molecule has 0 fully saturated rings. The Morgan fingerprint density at radius 2 is 2.06 bits per heavy atom. The second-order valence-corrected chi connectivity index (χ2v) is 3.73. The lowest BCUT2D eigenvalue weighted by molar-refractivity contribution is -0.139. The van der Waals surface area contributed by atoms with Crippen molar-refractivity contribution < 1.29 is 19.4 Å². The largest absolute Gasteiger partial charge is 0.480 e. The summed E-state index contributed by atoms with van der Waals surface area (Å²) in [4.78, 5) is 12.6. The van der Waals surface area contributed by atoms with Crippen LogP contribution in [0.1, 0.15) is 20.3 Å². The highest BCUT2D eigenvalue weighted by atomic mass is 16.5. The van der Waals surface area contributed by atoms with Crippen molar-refractivity contribution in [3.8, 4) is 0 Å². The minimum absolute atomic E-state index is 0.0721. The highest BCUT2D eigenvalue weighted by molar-refractivity contribution is 5.69. The standard InChI is InChI=1S/C11H23NO4/c1-4-10(2)12(9-11(13)14)5-6-16-8-7-15-3/h10H,4-9H2,1-3H3,(H,13,14). The summed E-state index contributed by atoms with van der Waals surface area (Å²) >= 11 is 0. The van der Waals surface area contributed by atoms with Crippen molar-refractivity contribution in [3.63, 3.8) is 0 Å². The summed E-state index contributed by atoms with van der Waals surface area (Å²) in [6.45, 7) is 6.46. The number of aliphatic carboxylic acids is 1. The van der Waals surface area contributed by atoms with Gasteiger partial charge in [0.25, 0.3) is 0 Å². The molecule has 0 aromatic rings. The van der Waals surface area contributed by atoms with Crippen molar-refractivity contribution in [1.82, 2.24) is 4.90 Å². The van der Waals surface area contributed by atoms with Crippen molar-refractivity contribution in [2.24, 2.45) is 0 Å². The molecule has 0 aromatic carbocycles. The van der Waals surface area contributed by atoms with Crippen molar-refractivity contribution in [2.75, 3.05) is 40.0 Å². The van der Waals surface area contributed by atoms with E-state index in [1.807, 2.05) is 18.7 Å². The van der Waals surface area contributed by atoms with E-state index in [2.05, 4.69) is 0 Å². The molecule has 1 atom stereocenters. The Labute approximate surface area is 97.3 Å². The molecule has 1 N–H and O–H groups in total. The average molecular weight is 233 g/mol. The maximum absolute atomic E-state index is 10.7. The van der Waals surface area contributed by atoms with E-state index in [0.717, 1.165) is 6.42 Å². The Kier molecular flexibility index (Phi) is 9.18. The van der Waals surface area contributed by atoms with Gasteiger partial charge in [-0.05, 0) is 13.3 Å². The van der Waals surface area contributed by atoms with Gasteiger partial charge in [-0.25, -0.2) is 0 Å². The van der Waals surface area contributed by atoms with Crippen LogP contribution in [0.15, 0.2) is 0 Å². The van der Waals surface area contributed by atoms with Gasteiger partial charge in [0.1, 0.15) is 0 Å². The summed E-state index contributed by atoms with van der Waals surface area (Å²) in [6, 6.07) is 0.266. The van der Waals surface area contributed by atoms with Crippen LogP contribution < -0.4 is 0 Å². The van der Waals surface area contributed by atoms with Crippen LogP contribution >= 0.6 is 0 Å². The van der Waals surface area contributed by atoms with E-state index in [-0.39, 0.29) is 12.6 Å². The molecule has 96 valence electrons. The lowest BCUT2D eigenvalue weighted by atomic mass is 10.2. The number of hydrogen-bond donors (Lipinski definition) is 1. The minimum atomic E-state index is -0.794. The first kappa shape index (κ1) is 15.3. The smallest absolute Gasteiger partial charge is 0.317 e. The number of rotatable bonds is 10. The molecule has 0 radical (unpaired) electrons. The van der Waals surface area contributed by atoms with Crippen molar-refractivity contribution >= 4 is 5.97 Å². The van der Waals surface area contributed by atoms with Gasteiger partial charge in [0.05, 0.1) is 26.4 Å². The SMILES string of the molecule is CCC(C)N(CCOCCOC)CC(=O)O. The summed E-state index contributed by atoms with van der Waals surface area (Å²) < 4.78 is 10.2. The second kappa shape index (κ2) is 9.57. The third-order valence-electron chi connectivity index (χ3n) is 2.51. The molecule has 0 heterocycles. The molecule has 0 aliphatic heterocycles. The minimum Gasteiger partial charge on any atom is -0.480 e. The Hall–Kier alpha value is -0.650. The molecule has 0 saturated carbocycles. The third kappa shape index (κ3) is 7.62. The van der Waals surface area contributed by atoms with Crippen LogP contribution in [0.4, 0.5) is 0 Å². The topological polar surface area (TPSA) is 59.0 Å². The summed E-state index contributed by atoms with van der Waals surface area (Å²) in [5, 5.41) is 8.77. The second-order valence-electron chi connectivity index (χ2n) is 3.73. The van der Waals surface area contributed by atoms with Crippen LogP contribution in [0.25, 0.3) is 0 Å². The average Bonchev–Trinajstić information content (AvgIpc) is 2.25. The Morgan fingerprint density at radius 1 is 1.38 bits per heavy atom. The molecule has 0 spiro atoms. The normalized spacial score (nSPS) is 13.0. The maximum Gasteiger partial charge on any atom is 0.317 e. The number of nitrogens with zero attached hydrogens (tertiary/aromatic N) is 1. The van der Waals surface area contributed by atoms with E-state index >= 15 is 0 Å². The summed E-state index contributed by atoms with van der Waals surface area (Å²) in [5.74, 6) is -0.794. The van der Waals surface area contributed by atoms with Crippen LogP contribution in [-0.4, -0.2) is 62.0 Å². The van der Waals surface area contributed by atoms with Gasteiger partial charge in [0.15, 0.2) is 0 Å². The van der Waals surface area contributed by atoms with Crippen molar-refractivity contribution in [1.29, 1.82) is 0 Å². The van der Waals surface area contributed by atoms with Gasteiger partial charge < -0.3 is 14.6 Å². The van der Waals surface area contributed by atoms with Crippen molar-refractivity contribution in [2.45, 2.75) is 26.3 Å². The molecule has 5 nitrogen and oxygen atoms in total. The quantitative estimate of drug-likeness (QED) is 0.566. The molecule has 0 rings (SSSR count). The fourth-order valence-electron chi connectivity index (χ4n) is 1.31. The zero-order valence-electron chi connectivity index (χ0n) is 10.4. The van der Waals surface area contributed by atoms with Crippen LogP contribution in [0, 0.1) is 0 Å². The van der Waals surface area contributed by atoms with Crippen LogP contribution in [0.2, 0.25) is 0 Å². The molecule has 0 amide bonds. The van der Waals surface area contributed by atoms with Gasteiger partial charge in [-0.15, -0.1) is 0 Å². The summed E-state index contributed by atoms with van der Waals surface area (Å²) in [6.07, 6.45) is 0.936. The lowest BCUT2D eigenvalue weighted by Gasteiger charge is -2.26. The first-order valence-corrected chi connectivity index (χ1v) is 5.64. The molecule has 0 bridgehead atoms. The molecule has 1 unspecified atom stereocenters. The summed E-state index contributed by atoms with van der Waals surface area (Å²) in [7, 11) is 1.62. The van der Waals surface area contributed by atoms with Crippen LogP contribution in [0.3, 0.4) is 0 Å². The predicted molar refractivity (Wildman–Crippen MR) is 61.7 cm³/mol. The zero-order valence-corrected chi connectivity index (χ0v) is 10.4.